The number of nitrogens with one attached hydrogen (secondary N) is 1. The Hall–Kier alpha value is -3.60. The van der Waals surface area contributed by atoms with Crippen LogP contribution in [0.3, 0.4) is 0 Å². The summed E-state index contributed by atoms with van der Waals surface area (Å²) in [6, 6.07) is 11.0. The number of anilines is 1. The number of carbonyl (C=O) groups excluding carboxylic acids is 1. The maximum Gasteiger partial charge on any atom is 0.341 e. The van der Waals surface area contributed by atoms with Crippen LogP contribution in [0.5, 0.6) is 5.75 Å². The molecule has 0 aliphatic rings. The number of hydrogen-bond acceptors (Lipinski definition) is 7. The molecule has 1 N–H and O–H groups in total. The minimum Gasteiger partial charge on any atom is -0.496 e. The molecule has 0 fully saturated rings. The normalized spacial score (nSPS) is 9.80. The number of nitro benzene ring substituents is 1. The second-order valence-corrected chi connectivity index (χ2v) is 4.98. The van der Waals surface area contributed by atoms with Gasteiger partial charge in [-0.2, -0.15) is 5.26 Å². The van der Waals surface area contributed by atoms with E-state index in [4.69, 9.17) is 14.7 Å². The van der Waals surface area contributed by atoms with Gasteiger partial charge in [-0.05, 0) is 29.8 Å². The minimum atomic E-state index is -0.558. The van der Waals surface area contributed by atoms with Gasteiger partial charge in [-0.25, -0.2) is 4.79 Å². The molecule has 2 aromatic carbocycles. The lowest BCUT2D eigenvalue weighted by Gasteiger charge is -2.11. The van der Waals surface area contributed by atoms with Crippen molar-refractivity contribution in [2.24, 2.45) is 0 Å². The summed E-state index contributed by atoms with van der Waals surface area (Å²) >= 11 is 0. The van der Waals surface area contributed by atoms with Crippen molar-refractivity contribution < 1.29 is 19.2 Å². The van der Waals surface area contributed by atoms with Crippen molar-refractivity contribution in [2.75, 3.05) is 19.5 Å². The average Bonchev–Trinajstić information content (AvgIpc) is 2.65. The van der Waals surface area contributed by atoms with E-state index in [9.17, 15) is 14.9 Å². The van der Waals surface area contributed by atoms with E-state index >= 15 is 0 Å². The predicted molar refractivity (Wildman–Crippen MR) is 89.5 cm³/mol. The summed E-state index contributed by atoms with van der Waals surface area (Å²) in [4.78, 5) is 22.4. The van der Waals surface area contributed by atoms with Crippen LogP contribution in [0.4, 0.5) is 11.4 Å². The zero-order valence-electron chi connectivity index (χ0n) is 13.6. The Kier molecular flexibility index (Phi) is 5.53. The highest BCUT2D eigenvalue weighted by Gasteiger charge is 2.16. The van der Waals surface area contributed by atoms with Crippen LogP contribution in [0, 0.1) is 21.4 Å². The van der Waals surface area contributed by atoms with Crippen LogP contribution in [0.25, 0.3) is 0 Å². The lowest BCUT2D eigenvalue weighted by Crippen LogP contribution is -2.07. The van der Waals surface area contributed by atoms with E-state index in [1.165, 1.54) is 32.4 Å². The molecule has 0 radical (unpaired) electrons. The number of benzene rings is 2. The monoisotopic (exact) mass is 341 g/mol. The first-order valence-corrected chi connectivity index (χ1v) is 7.17. The number of ether oxygens (including phenoxy) is 2. The highest BCUT2D eigenvalue weighted by Crippen LogP contribution is 2.27. The molecule has 0 aromatic heterocycles. The maximum absolute atomic E-state index is 11.8. The molecule has 0 heterocycles. The first-order valence-electron chi connectivity index (χ1n) is 7.17. The topological polar surface area (TPSA) is 114 Å². The van der Waals surface area contributed by atoms with E-state index in [-0.39, 0.29) is 29.0 Å². The molecule has 0 unspecified atom stereocenters. The standard InChI is InChI=1S/C17H15N3O5/c1-24-16-6-4-12(7-13(16)17(21)25-2)10-19-14-5-3-11(9-18)8-15(14)20(22)23/h3-8,19H,10H2,1-2H3. The molecule has 2 rings (SSSR count). The molecule has 0 aliphatic carbocycles. The molecule has 0 atom stereocenters. The highest BCUT2D eigenvalue weighted by molar-refractivity contribution is 5.92. The molecule has 0 spiro atoms. The van der Waals surface area contributed by atoms with Crippen molar-refractivity contribution in [1.82, 2.24) is 0 Å². The first-order chi connectivity index (χ1) is 12.0. The Morgan fingerprint density at radius 3 is 2.64 bits per heavy atom. The van der Waals surface area contributed by atoms with Gasteiger partial charge in [-0.15, -0.1) is 0 Å². The Bertz CT molecular complexity index is 858. The number of methoxy groups -OCH3 is 2. The van der Waals surface area contributed by atoms with Gasteiger partial charge in [0.05, 0.1) is 30.8 Å². The molecule has 2 aromatic rings. The van der Waals surface area contributed by atoms with Crippen LogP contribution >= 0.6 is 0 Å². The van der Waals surface area contributed by atoms with Crippen molar-refractivity contribution in [2.45, 2.75) is 6.54 Å². The van der Waals surface area contributed by atoms with Gasteiger partial charge in [0.1, 0.15) is 17.0 Å². The summed E-state index contributed by atoms with van der Waals surface area (Å²) in [6.45, 7) is 0.237. The van der Waals surface area contributed by atoms with E-state index in [0.29, 0.717) is 11.3 Å². The highest BCUT2D eigenvalue weighted by atomic mass is 16.6. The van der Waals surface area contributed by atoms with Crippen molar-refractivity contribution >= 4 is 17.3 Å². The van der Waals surface area contributed by atoms with Crippen molar-refractivity contribution in [1.29, 1.82) is 5.26 Å². The zero-order chi connectivity index (χ0) is 18.4. The van der Waals surface area contributed by atoms with Crippen molar-refractivity contribution in [3.8, 4) is 11.8 Å². The molecule has 0 aliphatic heterocycles. The van der Waals surface area contributed by atoms with Crippen LogP contribution in [0.1, 0.15) is 21.5 Å². The Morgan fingerprint density at radius 1 is 1.28 bits per heavy atom. The van der Waals surface area contributed by atoms with Gasteiger partial charge >= 0.3 is 5.97 Å². The number of nitro groups is 1. The van der Waals surface area contributed by atoms with Gasteiger partial charge < -0.3 is 14.8 Å². The molecule has 25 heavy (non-hydrogen) atoms. The molecule has 0 saturated carbocycles. The molecular formula is C17H15N3O5. The van der Waals surface area contributed by atoms with Crippen molar-refractivity contribution in [3.05, 3.63) is 63.2 Å². The maximum atomic E-state index is 11.8. The molecule has 0 amide bonds. The van der Waals surface area contributed by atoms with Gasteiger partial charge in [0, 0.05) is 12.6 Å². The lowest BCUT2D eigenvalue weighted by atomic mass is 10.1. The summed E-state index contributed by atoms with van der Waals surface area (Å²) < 4.78 is 9.83. The fraction of sp³-hybridized carbons (Fsp3) is 0.176. The molecule has 128 valence electrons. The zero-order valence-corrected chi connectivity index (χ0v) is 13.6. The van der Waals surface area contributed by atoms with Crippen LogP contribution in [0.15, 0.2) is 36.4 Å². The summed E-state index contributed by atoms with van der Waals surface area (Å²) in [5.74, 6) is -0.164. The minimum absolute atomic E-state index is 0.194. The number of carbonyl (C=O) groups is 1. The van der Waals surface area contributed by atoms with Gasteiger partial charge in [-0.3, -0.25) is 10.1 Å². The number of hydrogen-bond donors (Lipinski definition) is 1. The Labute approximate surface area is 143 Å². The molecule has 0 saturated heterocycles. The largest absolute Gasteiger partial charge is 0.496 e. The average molecular weight is 341 g/mol. The van der Waals surface area contributed by atoms with E-state index < -0.39 is 10.9 Å². The summed E-state index contributed by atoms with van der Waals surface area (Å²) in [6.07, 6.45) is 0. The van der Waals surface area contributed by atoms with Crippen LogP contribution in [0.2, 0.25) is 0 Å². The van der Waals surface area contributed by atoms with E-state index in [0.717, 1.165) is 0 Å². The van der Waals surface area contributed by atoms with Crippen molar-refractivity contribution in [3.63, 3.8) is 0 Å². The molecular weight excluding hydrogens is 326 g/mol. The third-order valence-electron chi connectivity index (χ3n) is 3.48. The summed E-state index contributed by atoms with van der Waals surface area (Å²) in [7, 11) is 2.71. The molecule has 8 nitrogen and oxygen atoms in total. The smallest absolute Gasteiger partial charge is 0.341 e. The van der Waals surface area contributed by atoms with Crippen LogP contribution < -0.4 is 10.1 Å². The molecule has 0 bridgehead atoms. The Balaban J connectivity index is 2.26. The predicted octanol–water partition coefficient (Wildman–Crippen LogP) is 2.87. The van der Waals surface area contributed by atoms with Crippen LogP contribution in [-0.4, -0.2) is 25.1 Å². The second-order valence-electron chi connectivity index (χ2n) is 4.98. The lowest BCUT2D eigenvalue weighted by molar-refractivity contribution is -0.384. The van der Waals surface area contributed by atoms with Crippen LogP contribution in [-0.2, 0) is 11.3 Å². The van der Waals surface area contributed by atoms with E-state index in [1.54, 1.807) is 18.2 Å². The van der Waals surface area contributed by atoms with Gasteiger partial charge in [0.15, 0.2) is 0 Å². The Morgan fingerprint density at radius 2 is 2.04 bits per heavy atom. The number of esters is 1. The van der Waals surface area contributed by atoms with Gasteiger partial charge in [0.25, 0.3) is 5.69 Å². The number of nitriles is 1. The molecule has 8 heteroatoms. The van der Waals surface area contributed by atoms with Gasteiger partial charge in [-0.1, -0.05) is 6.07 Å². The second kappa shape index (κ2) is 7.79. The van der Waals surface area contributed by atoms with Gasteiger partial charge in [0.2, 0.25) is 0 Å². The number of nitrogens with zero attached hydrogens (tertiary/aromatic N) is 2. The number of rotatable bonds is 6. The van der Waals surface area contributed by atoms with E-state index in [1.807, 2.05) is 6.07 Å². The SMILES string of the molecule is COC(=O)c1cc(CNc2ccc(C#N)cc2[N+](=O)[O-])ccc1OC. The first kappa shape index (κ1) is 17.7. The third kappa shape index (κ3) is 4.03. The quantitative estimate of drug-likeness (QED) is 0.488. The van der Waals surface area contributed by atoms with E-state index in [2.05, 4.69) is 5.32 Å². The summed E-state index contributed by atoms with van der Waals surface area (Å²) in [5.41, 5.74) is 1.26. The fourth-order valence-electron chi connectivity index (χ4n) is 2.23. The summed E-state index contributed by atoms with van der Waals surface area (Å²) in [5, 5.41) is 22.9. The fourth-order valence-corrected chi connectivity index (χ4v) is 2.23. The third-order valence-corrected chi connectivity index (χ3v) is 3.48.